The third-order valence-electron chi connectivity index (χ3n) is 20.9. The fourth-order valence-electron chi connectivity index (χ4n) is 14.2. The molecule has 710 valence electrons. The summed E-state index contributed by atoms with van der Waals surface area (Å²) in [6, 6.07) is -3.33. The number of unbranched alkanes of at least 4 members (excludes halogenated alkanes) is 10. The lowest BCUT2D eigenvalue weighted by Crippen LogP contribution is -2.64. The minimum absolute atomic E-state index is 0.0360. The summed E-state index contributed by atoms with van der Waals surface area (Å²) in [7, 11) is -1.51. The minimum Gasteiger partial charge on any atom is -0.394 e. The fraction of sp³-hybridized carbons (Fsp3) is 0.863. The lowest BCUT2D eigenvalue weighted by Gasteiger charge is -2.42. The molecule has 20 N–H and O–H groups in total. The Hall–Kier alpha value is -6.20. The standard InChI is InChI=1S/C80H144N11O31P/c1-52-43-56(48-119-123(5)112)91(44-52)67(105)27-13-11-9-7-6-8-10-12-26-66(104)90-80(49-113-40-28-63(101)84-34-20-31-81-60(98)23-14-17-37-116-77-68(87-53(2)95)74(109)71(106)57(45-92)120-77,50-114-41-29-64(102)85-35-21-32-82-61(99)24-15-18-38-117-78-69(88-54(3)96)75(110)72(107)58(46-93)121-78)51-115-42-30-65(103)86-36-22-33-83-62(100)25-16-19-39-118-79-70(89-55(4)97)76(111)73(108)59(47-94)122-79/h52,56-59,68-79,92-94,106-112H,6-51H2,1-5H3,(H,81,98)(H,82,99)(H,83,100)(H,84,101)(H,85,102)(H,86,103)(H,87,95)(H,88,96)(H,89,97)(H,90,104)/t52-,56+,57?,58?,59?,68?,69?,70?,71?,72?,73?,74?,75?,76?,77?,78?,79?,80?,123?/m1/s1. The molecular formula is C80H144N11O31P. The van der Waals surface area contributed by atoms with Crippen LogP contribution in [0.3, 0.4) is 0 Å². The van der Waals surface area contributed by atoms with E-state index in [1.165, 1.54) is 20.8 Å². The number of nitrogens with one attached hydrogen (secondary N) is 10. The second kappa shape index (κ2) is 62.9. The predicted octanol–water partition coefficient (Wildman–Crippen LogP) is -3.59. The van der Waals surface area contributed by atoms with Gasteiger partial charge in [-0.25, -0.2) is 0 Å². The molecule has 16 unspecified atom stereocenters. The predicted molar refractivity (Wildman–Crippen MR) is 441 cm³/mol. The van der Waals surface area contributed by atoms with Crippen molar-refractivity contribution in [2.45, 2.75) is 298 Å². The minimum atomic E-state index is -1.51. The van der Waals surface area contributed by atoms with Gasteiger partial charge in [0.2, 0.25) is 65.0 Å². The van der Waals surface area contributed by atoms with Gasteiger partial charge in [-0.1, -0.05) is 45.4 Å². The maximum Gasteiger partial charge on any atom is 0.222 e. The number of hydrogen-bond acceptors (Lipinski definition) is 31. The van der Waals surface area contributed by atoms with Gasteiger partial charge in [-0.2, -0.15) is 0 Å². The molecule has 0 bridgehead atoms. The van der Waals surface area contributed by atoms with E-state index >= 15 is 0 Å². The van der Waals surface area contributed by atoms with Crippen LogP contribution in [-0.2, 0) is 99.9 Å². The Bertz CT molecular complexity index is 2830. The summed E-state index contributed by atoms with van der Waals surface area (Å²) in [5.41, 5.74) is -1.43. The number of likely N-dealkylation sites (tertiary alicyclic amines) is 1. The number of amides is 11. The molecule has 0 spiro atoms. The maximum atomic E-state index is 14.1. The first-order valence-electron chi connectivity index (χ1n) is 43.4. The van der Waals surface area contributed by atoms with E-state index in [1.54, 1.807) is 6.66 Å². The molecule has 4 aliphatic rings. The van der Waals surface area contributed by atoms with Crippen molar-refractivity contribution in [2.75, 3.05) is 138 Å². The van der Waals surface area contributed by atoms with Crippen molar-refractivity contribution in [1.29, 1.82) is 0 Å². The monoisotopic (exact) mass is 1790 g/mol. The van der Waals surface area contributed by atoms with Gasteiger partial charge in [0, 0.05) is 144 Å². The van der Waals surface area contributed by atoms with Crippen LogP contribution >= 0.6 is 8.38 Å². The van der Waals surface area contributed by atoms with Crippen molar-refractivity contribution in [1.82, 2.24) is 58.1 Å². The second-order valence-electron chi connectivity index (χ2n) is 31.8. The van der Waals surface area contributed by atoms with Gasteiger partial charge in [0.05, 0.1) is 72.1 Å². The lowest BCUT2D eigenvalue weighted by molar-refractivity contribution is -0.270. The van der Waals surface area contributed by atoms with Crippen LogP contribution in [0.2, 0.25) is 0 Å². The normalized spacial score (nSPS) is 25.2. The smallest absolute Gasteiger partial charge is 0.222 e. The van der Waals surface area contributed by atoms with E-state index in [9.17, 15) is 104 Å². The third kappa shape index (κ3) is 44.9. The first kappa shape index (κ1) is 109. The number of ether oxygens (including phenoxy) is 9. The molecule has 43 heteroatoms. The van der Waals surface area contributed by atoms with Crippen molar-refractivity contribution < 1.29 is 151 Å². The summed E-state index contributed by atoms with van der Waals surface area (Å²) in [6.45, 7) is 7.04. The maximum absolute atomic E-state index is 14.1. The quantitative estimate of drug-likeness (QED) is 0.0207. The van der Waals surface area contributed by atoms with Crippen LogP contribution in [0.15, 0.2) is 0 Å². The number of carbonyl (C=O) groups excluding carboxylic acids is 11. The van der Waals surface area contributed by atoms with Gasteiger partial charge in [0.25, 0.3) is 0 Å². The van der Waals surface area contributed by atoms with Crippen LogP contribution in [0.5, 0.6) is 0 Å². The van der Waals surface area contributed by atoms with E-state index in [0.29, 0.717) is 89.7 Å². The molecular weight excluding hydrogens is 1640 g/mol. The van der Waals surface area contributed by atoms with Crippen LogP contribution in [0.4, 0.5) is 0 Å². The fourth-order valence-corrected chi connectivity index (χ4v) is 14.6. The van der Waals surface area contributed by atoms with E-state index in [1.807, 2.05) is 4.90 Å². The zero-order valence-corrected chi connectivity index (χ0v) is 73.2. The highest BCUT2D eigenvalue weighted by Crippen LogP contribution is 2.32. The SMILES string of the molecule is CC(=O)NC1C(OCCCCC(=O)NCCCNC(=O)CCOCC(COCCC(=O)NCCCNC(=O)CCCCOC2OC(CO)C(O)C(O)C2NC(C)=O)(COCCC(=O)NCCCNC(=O)CCCCOC2OC(CO)C(O)C(O)C2NC(C)=O)NC(=O)CCCCCCCCCCC(=O)N2C[C@H](C)C[C@H]2COP(C)O)OC(CO)C(O)C1O. The highest BCUT2D eigenvalue weighted by Gasteiger charge is 2.48. The van der Waals surface area contributed by atoms with Crippen molar-refractivity contribution in [2.24, 2.45) is 5.92 Å². The summed E-state index contributed by atoms with van der Waals surface area (Å²) < 4.78 is 57.8. The van der Waals surface area contributed by atoms with E-state index in [0.717, 1.165) is 51.4 Å². The van der Waals surface area contributed by atoms with Gasteiger partial charge in [0.1, 0.15) is 78.6 Å². The van der Waals surface area contributed by atoms with Gasteiger partial charge in [-0.3, -0.25) is 52.7 Å². The average Bonchev–Trinajstić information content (AvgIpc) is 1.73. The zero-order chi connectivity index (χ0) is 90.5. The molecule has 4 rings (SSSR count). The second-order valence-corrected chi connectivity index (χ2v) is 33.0. The molecule has 123 heavy (non-hydrogen) atoms. The molecule has 11 amide bonds. The van der Waals surface area contributed by atoms with E-state index < -0.39 is 143 Å². The number of hydrogen-bond donors (Lipinski definition) is 20. The van der Waals surface area contributed by atoms with Crippen molar-refractivity contribution in [3.05, 3.63) is 0 Å². The van der Waals surface area contributed by atoms with E-state index in [4.69, 9.17) is 47.2 Å². The molecule has 4 fully saturated rings. The lowest BCUT2D eigenvalue weighted by atomic mass is 9.97. The van der Waals surface area contributed by atoms with Crippen LogP contribution in [0, 0.1) is 5.92 Å². The Labute approximate surface area is 721 Å². The summed E-state index contributed by atoms with van der Waals surface area (Å²) in [5, 5.41) is 119. The Morgan fingerprint density at radius 3 is 0.992 bits per heavy atom. The number of carbonyl (C=O) groups is 11. The third-order valence-corrected chi connectivity index (χ3v) is 21.4. The molecule has 0 saturated carbocycles. The van der Waals surface area contributed by atoms with Crippen LogP contribution in [0.25, 0.3) is 0 Å². The molecule has 0 aromatic heterocycles. The van der Waals surface area contributed by atoms with Crippen LogP contribution in [-0.4, -0.2) is 363 Å². The molecule has 0 aromatic rings. The molecule has 0 aromatic carbocycles. The van der Waals surface area contributed by atoms with Gasteiger partial charge >= 0.3 is 0 Å². The highest BCUT2D eigenvalue weighted by molar-refractivity contribution is 7.45. The molecule has 4 saturated heterocycles. The van der Waals surface area contributed by atoms with Gasteiger partial charge < -0.3 is 156 Å². The van der Waals surface area contributed by atoms with E-state index in [-0.39, 0.29) is 197 Å². The molecule has 0 aliphatic carbocycles. The molecule has 18 atom stereocenters. The Kier molecular flexibility index (Phi) is 55.8. The Morgan fingerprint density at radius 1 is 0.390 bits per heavy atom. The van der Waals surface area contributed by atoms with Crippen molar-refractivity contribution >= 4 is 73.4 Å². The van der Waals surface area contributed by atoms with Gasteiger partial charge in [-0.05, 0) is 83.0 Å². The highest BCUT2D eigenvalue weighted by atomic mass is 31.2. The molecule has 4 heterocycles. The van der Waals surface area contributed by atoms with Crippen LogP contribution in [0.1, 0.15) is 195 Å². The average molecular weight is 1790 g/mol. The Balaban J connectivity index is 1.31. The van der Waals surface area contributed by atoms with Gasteiger partial charge in [0.15, 0.2) is 27.2 Å². The summed E-state index contributed by atoms with van der Waals surface area (Å²) in [6.07, 6.45) is -4.11. The Morgan fingerprint density at radius 2 is 0.683 bits per heavy atom. The first-order chi connectivity index (χ1) is 58.9. The molecule has 4 aliphatic heterocycles. The van der Waals surface area contributed by atoms with Gasteiger partial charge in [-0.15, -0.1) is 0 Å². The number of aliphatic hydroxyl groups excluding tert-OH is 9. The first-order valence-corrected chi connectivity index (χ1v) is 45.1. The topological polar surface area (TPSA) is 606 Å². The molecule has 0 radical (unpaired) electrons. The summed E-state index contributed by atoms with van der Waals surface area (Å²) in [4.78, 5) is 152. The zero-order valence-electron chi connectivity index (χ0n) is 72.3. The van der Waals surface area contributed by atoms with Crippen molar-refractivity contribution in [3.63, 3.8) is 0 Å². The van der Waals surface area contributed by atoms with Crippen LogP contribution < -0.4 is 53.2 Å². The van der Waals surface area contributed by atoms with Crippen molar-refractivity contribution in [3.8, 4) is 0 Å². The summed E-state index contributed by atoms with van der Waals surface area (Å²) in [5.74, 6) is -3.27. The number of rotatable bonds is 66. The number of nitrogens with zero attached hydrogens (tertiary/aromatic N) is 1. The number of aliphatic hydroxyl groups is 9. The summed E-state index contributed by atoms with van der Waals surface area (Å²) >= 11 is 0. The largest absolute Gasteiger partial charge is 0.394 e. The molecule has 42 nitrogen and oxygen atoms in total. The van der Waals surface area contributed by atoms with E-state index in [2.05, 4.69) is 60.1 Å².